The zero-order valence-corrected chi connectivity index (χ0v) is 12.8. The van der Waals surface area contributed by atoms with Gasteiger partial charge in [-0.1, -0.05) is 30.5 Å². The molecule has 1 aromatic carbocycles. The summed E-state index contributed by atoms with van der Waals surface area (Å²) >= 11 is 0. The summed E-state index contributed by atoms with van der Waals surface area (Å²) in [5.41, 5.74) is 2.53. The first kappa shape index (κ1) is 15.3. The number of benzene rings is 1. The average Bonchev–Trinajstić information content (AvgIpc) is 2.96. The Hall–Kier alpha value is -1.06. The highest BCUT2D eigenvalue weighted by molar-refractivity contribution is 5.36. The average molecular weight is 277 g/mol. The normalized spacial score (nSPS) is 15.7. The lowest BCUT2D eigenvalue weighted by atomic mass is 10.1. The molecule has 0 atom stereocenters. The van der Waals surface area contributed by atoms with Crippen LogP contribution in [0.3, 0.4) is 0 Å². The van der Waals surface area contributed by atoms with E-state index < -0.39 is 0 Å². The van der Waals surface area contributed by atoms with Crippen LogP contribution >= 0.6 is 0 Å². The summed E-state index contributed by atoms with van der Waals surface area (Å²) in [6, 6.07) is 6.45. The molecule has 0 aromatic heterocycles. The second-order valence-corrected chi connectivity index (χ2v) is 5.74. The van der Waals surface area contributed by atoms with E-state index in [1.165, 1.54) is 36.8 Å². The van der Waals surface area contributed by atoms with E-state index in [1.54, 1.807) is 7.11 Å². The predicted octanol–water partition coefficient (Wildman–Crippen LogP) is 3.30. The predicted molar refractivity (Wildman–Crippen MR) is 82.2 cm³/mol. The van der Waals surface area contributed by atoms with Gasteiger partial charge in [0.25, 0.3) is 0 Å². The van der Waals surface area contributed by atoms with Crippen LogP contribution in [0.5, 0.6) is 5.75 Å². The number of nitrogens with one attached hydrogen (secondary N) is 1. The lowest BCUT2D eigenvalue weighted by Gasteiger charge is -2.16. The molecule has 0 saturated heterocycles. The first-order valence-corrected chi connectivity index (χ1v) is 7.71. The van der Waals surface area contributed by atoms with Crippen molar-refractivity contribution >= 4 is 0 Å². The Balaban J connectivity index is 1.88. The van der Waals surface area contributed by atoms with Gasteiger partial charge in [-0.15, -0.1) is 0 Å². The Morgan fingerprint density at radius 3 is 2.80 bits per heavy atom. The molecule has 3 heteroatoms. The fourth-order valence-corrected chi connectivity index (χ4v) is 2.77. The van der Waals surface area contributed by atoms with Gasteiger partial charge in [0.1, 0.15) is 5.75 Å². The molecule has 2 rings (SSSR count). The van der Waals surface area contributed by atoms with Crippen molar-refractivity contribution in [1.82, 2.24) is 5.32 Å². The fourth-order valence-electron chi connectivity index (χ4n) is 2.77. The van der Waals surface area contributed by atoms with Crippen molar-refractivity contribution < 1.29 is 9.47 Å². The molecule has 3 nitrogen and oxygen atoms in total. The standard InChI is InChI=1S/C17H27NO2/c1-14-7-8-17(20-13-15-5-3-4-6-15)16(11-14)12-18-9-10-19-2/h7-8,11,15,18H,3-6,9-10,12-13H2,1-2H3. The van der Waals surface area contributed by atoms with Gasteiger partial charge in [0.05, 0.1) is 13.2 Å². The maximum Gasteiger partial charge on any atom is 0.123 e. The van der Waals surface area contributed by atoms with Gasteiger partial charge < -0.3 is 14.8 Å². The molecular weight excluding hydrogens is 250 g/mol. The van der Waals surface area contributed by atoms with Crippen LogP contribution < -0.4 is 10.1 Å². The Labute approximate surface area is 122 Å². The summed E-state index contributed by atoms with van der Waals surface area (Å²) < 4.78 is 11.1. The highest BCUT2D eigenvalue weighted by Gasteiger charge is 2.16. The number of ether oxygens (including phenoxy) is 2. The monoisotopic (exact) mass is 277 g/mol. The van der Waals surface area contributed by atoms with E-state index in [0.29, 0.717) is 0 Å². The Morgan fingerprint density at radius 1 is 1.25 bits per heavy atom. The van der Waals surface area contributed by atoms with E-state index in [1.807, 2.05) is 0 Å². The van der Waals surface area contributed by atoms with Crippen LogP contribution in [0.4, 0.5) is 0 Å². The van der Waals surface area contributed by atoms with E-state index in [0.717, 1.165) is 38.0 Å². The minimum atomic E-state index is 0.740. The van der Waals surface area contributed by atoms with Gasteiger partial charge in [0.2, 0.25) is 0 Å². The topological polar surface area (TPSA) is 30.5 Å². The zero-order chi connectivity index (χ0) is 14.2. The smallest absolute Gasteiger partial charge is 0.123 e. The molecule has 0 radical (unpaired) electrons. The van der Waals surface area contributed by atoms with Gasteiger partial charge in [0.15, 0.2) is 0 Å². The fraction of sp³-hybridized carbons (Fsp3) is 0.647. The molecule has 1 saturated carbocycles. The molecule has 112 valence electrons. The molecule has 0 aliphatic heterocycles. The lowest BCUT2D eigenvalue weighted by Crippen LogP contribution is -2.19. The zero-order valence-electron chi connectivity index (χ0n) is 12.8. The summed E-state index contributed by atoms with van der Waals surface area (Å²) in [6.45, 7) is 5.44. The van der Waals surface area contributed by atoms with Crippen molar-refractivity contribution in [2.75, 3.05) is 26.9 Å². The van der Waals surface area contributed by atoms with Crippen molar-refractivity contribution in [3.05, 3.63) is 29.3 Å². The largest absolute Gasteiger partial charge is 0.493 e. The lowest BCUT2D eigenvalue weighted by molar-refractivity contribution is 0.198. The van der Waals surface area contributed by atoms with Gasteiger partial charge in [-0.25, -0.2) is 0 Å². The number of hydrogen-bond acceptors (Lipinski definition) is 3. The number of aryl methyl sites for hydroxylation is 1. The third-order valence-corrected chi connectivity index (χ3v) is 3.96. The second-order valence-electron chi connectivity index (χ2n) is 5.74. The van der Waals surface area contributed by atoms with E-state index in [4.69, 9.17) is 9.47 Å². The van der Waals surface area contributed by atoms with Crippen molar-refractivity contribution in [1.29, 1.82) is 0 Å². The van der Waals surface area contributed by atoms with Gasteiger partial charge in [-0.2, -0.15) is 0 Å². The molecular formula is C17H27NO2. The minimum absolute atomic E-state index is 0.740. The van der Waals surface area contributed by atoms with Crippen LogP contribution in [-0.4, -0.2) is 26.9 Å². The van der Waals surface area contributed by atoms with Crippen LogP contribution in [-0.2, 0) is 11.3 Å². The summed E-state index contributed by atoms with van der Waals surface area (Å²) in [5, 5.41) is 3.39. The summed E-state index contributed by atoms with van der Waals surface area (Å²) in [4.78, 5) is 0. The first-order chi connectivity index (χ1) is 9.79. The number of rotatable bonds is 8. The molecule has 0 unspecified atom stereocenters. The van der Waals surface area contributed by atoms with E-state index in [9.17, 15) is 0 Å². The van der Waals surface area contributed by atoms with E-state index in [-0.39, 0.29) is 0 Å². The quantitative estimate of drug-likeness (QED) is 0.740. The van der Waals surface area contributed by atoms with Crippen molar-refractivity contribution in [2.45, 2.75) is 39.2 Å². The van der Waals surface area contributed by atoms with Crippen molar-refractivity contribution in [3.8, 4) is 5.75 Å². The number of methoxy groups -OCH3 is 1. The van der Waals surface area contributed by atoms with Crippen LogP contribution in [0, 0.1) is 12.8 Å². The summed E-state index contributed by atoms with van der Waals surface area (Å²) in [6.07, 6.45) is 5.39. The van der Waals surface area contributed by atoms with Gasteiger partial charge in [-0.3, -0.25) is 0 Å². The maximum absolute atomic E-state index is 6.06. The van der Waals surface area contributed by atoms with Gasteiger partial charge in [0, 0.05) is 25.8 Å². The molecule has 1 aliphatic rings. The van der Waals surface area contributed by atoms with E-state index in [2.05, 4.69) is 30.4 Å². The van der Waals surface area contributed by atoms with Gasteiger partial charge in [-0.05, 0) is 31.7 Å². The molecule has 1 aromatic rings. The minimum Gasteiger partial charge on any atom is -0.493 e. The van der Waals surface area contributed by atoms with Crippen LogP contribution in [0.15, 0.2) is 18.2 Å². The highest BCUT2D eigenvalue weighted by atomic mass is 16.5. The van der Waals surface area contributed by atoms with Crippen LogP contribution in [0.1, 0.15) is 36.8 Å². The molecule has 0 heterocycles. The SMILES string of the molecule is COCCNCc1cc(C)ccc1OCC1CCCC1. The van der Waals surface area contributed by atoms with Crippen molar-refractivity contribution in [3.63, 3.8) is 0 Å². The summed E-state index contributed by atoms with van der Waals surface area (Å²) in [5.74, 6) is 1.79. The first-order valence-electron chi connectivity index (χ1n) is 7.71. The molecule has 1 fully saturated rings. The molecule has 1 N–H and O–H groups in total. The molecule has 0 spiro atoms. The Bertz CT molecular complexity index is 400. The number of hydrogen-bond donors (Lipinski definition) is 1. The van der Waals surface area contributed by atoms with Crippen LogP contribution in [0.2, 0.25) is 0 Å². The second kappa shape index (κ2) is 8.28. The van der Waals surface area contributed by atoms with Crippen LogP contribution in [0.25, 0.3) is 0 Å². The van der Waals surface area contributed by atoms with Crippen molar-refractivity contribution in [2.24, 2.45) is 5.92 Å². The third-order valence-electron chi connectivity index (χ3n) is 3.96. The maximum atomic E-state index is 6.06. The van der Waals surface area contributed by atoms with Gasteiger partial charge >= 0.3 is 0 Å². The van der Waals surface area contributed by atoms with E-state index >= 15 is 0 Å². The third kappa shape index (κ3) is 4.80. The summed E-state index contributed by atoms with van der Waals surface area (Å²) in [7, 11) is 1.73. The Kier molecular flexibility index (Phi) is 6.34. The molecule has 1 aliphatic carbocycles. The molecule has 0 bridgehead atoms. The molecule has 20 heavy (non-hydrogen) atoms. The molecule has 0 amide bonds. The highest BCUT2D eigenvalue weighted by Crippen LogP contribution is 2.27. The Morgan fingerprint density at radius 2 is 2.05 bits per heavy atom.